The van der Waals surface area contributed by atoms with Crippen molar-refractivity contribution in [2.45, 2.75) is 59.3 Å². The van der Waals surface area contributed by atoms with Crippen molar-refractivity contribution in [3.63, 3.8) is 0 Å². The van der Waals surface area contributed by atoms with E-state index in [2.05, 4.69) is 19.9 Å². The topological polar surface area (TPSA) is 34.1 Å². The van der Waals surface area contributed by atoms with Crippen LogP contribution in [-0.4, -0.2) is 11.6 Å². The standard InChI is InChI=1S/C21H26ClO2/c1-12(23)15-4-5-16-14-11-19(22)18-10-13(24)6-8-21(18,3)17(14)7-9-20(15,16)2/h10-11,14,16-17H,4-9H2,1-3H3/t14-,16-,17-,20+,21+/m0/s1. The summed E-state index contributed by atoms with van der Waals surface area (Å²) < 4.78 is 0. The van der Waals surface area contributed by atoms with Crippen LogP contribution in [0.1, 0.15) is 59.3 Å². The lowest BCUT2D eigenvalue weighted by molar-refractivity contribution is -0.119. The van der Waals surface area contributed by atoms with Gasteiger partial charge in [0.1, 0.15) is 5.78 Å². The lowest BCUT2D eigenvalue weighted by Crippen LogP contribution is -2.49. The summed E-state index contributed by atoms with van der Waals surface area (Å²) in [6.45, 7) is 6.34. The van der Waals surface area contributed by atoms with Crippen molar-refractivity contribution >= 4 is 23.2 Å². The van der Waals surface area contributed by atoms with Gasteiger partial charge in [-0.15, -0.1) is 0 Å². The number of Topliss-reactive ketones (excluding diaryl/α,β-unsaturated/α-hetero) is 1. The molecule has 5 atom stereocenters. The van der Waals surface area contributed by atoms with Gasteiger partial charge in [0.2, 0.25) is 0 Å². The SMILES string of the molecule is CC(=O)[C]1CC[C@H]2[C@@H]3C=C(Cl)C4=CC(=O)CC[C@]4(C)[C@H]3CC[C@]12C. The molecule has 0 heterocycles. The first-order valence-corrected chi connectivity index (χ1v) is 9.65. The zero-order chi connectivity index (χ0) is 17.3. The zero-order valence-corrected chi connectivity index (χ0v) is 15.6. The van der Waals surface area contributed by atoms with Gasteiger partial charge in [-0.2, -0.15) is 0 Å². The van der Waals surface area contributed by atoms with Gasteiger partial charge in [0.25, 0.3) is 0 Å². The summed E-state index contributed by atoms with van der Waals surface area (Å²) >= 11 is 6.67. The number of carbonyl (C=O) groups is 2. The van der Waals surface area contributed by atoms with Gasteiger partial charge in [-0.25, -0.2) is 0 Å². The second-order valence-corrected chi connectivity index (χ2v) is 9.18. The van der Waals surface area contributed by atoms with E-state index in [4.69, 9.17) is 11.6 Å². The zero-order valence-electron chi connectivity index (χ0n) is 14.8. The number of halogens is 1. The summed E-state index contributed by atoms with van der Waals surface area (Å²) in [6.07, 6.45) is 9.84. The molecule has 0 unspecified atom stereocenters. The van der Waals surface area contributed by atoms with Crippen molar-refractivity contribution in [3.8, 4) is 0 Å². The van der Waals surface area contributed by atoms with E-state index in [0.29, 0.717) is 24.2 Å². The van der Waals surface area contributed by atoms with Crippen LogP contribution in [0.15, 0.2) is 22.8 Å². The lowest BCUT2D eigenvalue weighted by atomic mass is 9.48. The number of rotatable bonds is 1. The van der Waals surface area contributed by atoms with Crippen LogP contribution in [0.5, 0.6) is 0 Å². The van der Waals surface area contributed by atoms with E-state index in [1.54, 1.807) is 13.0 Å². The Hall–Kier alpha value is -0.890. The van der Waals surface area contributed by atoms with Gasteiger partial charge < -0.3 is 0 Å². The maximum atomic E-state index is 12.1. The fourth-order valence-corrected chi connectivity index (χ4v) is 6.88. The summed E-state index contributed by atoms with van der Waals surface area (Å²) in [5.74, 6) is 3.13. The second kappa shape index (κ2) is 5.30. The van der Waals surface area contributed by atoms with Gasteiger partial charge in [-0.3, -0.25) is 9.59 Å². The molecule has 2 fully saturated rings. The molecule has 4 aliphatic rings. The minimum Gasteiger partial charge on any atom is -0.299 e. The molecule has 0 spiro atoms. The molecule has 0 N–H and O–H groups in total. The fraction of sp³-hybridized carbons (Fsp3) is 0.667. The Kier molecular flexibility index (Phi) is 3.66. The lowest BCUT2D eigenvalue weighted by Gasteiger charge is -2.56. The van der Waals surface area contributed by atoms with Crippen molar-refractivity contribution in [2.24, 2.45) is 28.6 Å². The third kappa shape index (κ3) is 2.08. The largest absolute Gasteiger partial charge is 0.299 e. The van der Waals surface area contributed by atoms with Crippen molar-refractivity contribution < 1.29 is 9.59 Å². The molecule has 2 saturated carbocycles. The van der Waals surface area contributed by atoms with Gasteiger partial charge in [-0.05, 0) is 79.3 Å². The number of fused-ring (bicyclic) bond motifs is 5. The normalized spacial score (nSPS) is 45.0. The molecule has 0 aliphatic heterocycles. The van der Waals surface area contributed by atoms with Crippen LogP contribution < -0.4 is 0 Å². The van der Waals surface area contributed by atoms with E-state index in [-0.39, 0.29) is 22.4 Å². The number of hydrogen-bond acceptors (Lipinski definition) is 2. The van der Waals surface area contributed by atoms with Crippen molar-refractivity contribution in [3.05, 3.63) is 28.7 Å². The quantitative estimate of drug-likeness (QED) is 0.668. The van der Waals surface area contributed by atoms with E-state index >= 15 is 0 Å². The Morgan fingerprint density at radius 3 is 2.54 bits per heavy atom. The average Bonchev–Trinajstić information content (AvgIpc) is 2.87. The monoisotopic (exact) mass is 345 g/mol. The van der Waals surface area contributed by atoms with Crippen LogP contribution in [-0.2, 0) is 9.59 Å². The van der Waals surface area contributed by atoms with E-state index in [1.165, 1.54) is 0 Å². The Balaban J connectivity index is 1.77. The summed E-state index contributed by atoms with van der Waals surface area (Å²) in [5.41, 5.74) is 1.13. The Labute approximate surface area is 149 Å². The van der Waals surface area contributed by atoms with Crippen LogP contribution in [0.4, 0.5) is 0 Å². The molecule has 3 heteroatoms. The van der Waals surface area contributed by atoms with Crippen LogP contribution in [0.25, 0.3) is 0 Å². The molecule has 2 nitrogen and oxygen atoms in total. The molecular formula is C21H26ClO2. The minimum atomic E-state index is 0.0186. The van der Waals surface area contributed by atoms with Gasteiger partial charge in [0.05, 0.1) is 0 Å². The van der Waals surface area contributed by atoms with Gasteiger partial charge in [0, 0.05) is 17.4 Å². The first-order valence-electron chi connectivity index (χ1n) is 9.27. The van der Waals surface area contributed by atoms with Gasteiger partial charge in [0.15, 0.2) is 5.78 Å². The highest BCUT2D eigenvalue weighted by molar-refractivity contribution is 6.32. The highest BCUT2D eigenvalue weighted by atomic mass is 35.5. The molecule has 1 radical (unpaired) electrons. The molecule has 0 aromatic heterocycles. The Morgan fingerprint density at radius 1 is 1.12 bits per heavy atom. The maximum absolute atomic E-state index is 12.1. The third-order valence-corrected chi connectivity index (χ3v) is 8.10. The average molecular weight is 346 g/mol. The van der Waals surface area contributed by atoms with E-state index in [1.807, 2.05) is 0 Å². The smallest absolute Gasteiger partial charge is 0.156 e. The molecule has 0 aromatic carbocycles. The number of carbonyl (C=O) groups excluding carboxylic acids is 2. The van der Waals surface area contributed by atoms with Crippen molar-refractivity contribution in [1.82, 2.24) is 0 Å². The maximum Gasteiger partial charge on any atom is 0.156 e. The highest BCUT2D eigenvalue weighted by Gasteiger charge is 2.59. The molecule has 129 valence electrons. The highest BCUT2D eigenvalue weighted by Crippen LogP contribution is 2.66. The van der Waals surface area contributed by atoms with E-state index in [0.717, 1.165) is 48.6 Å². The predicted molar refractivity (Wildman–Crippen MR) is 95.3 cm³/mol. The summed E-state index contributed by atoms with van der Waals surface area (Å²) in [7, 11) is 0. The summed E-state index contributed by atoms with van der Waals surface area (Å²) in [5, 5.41) is 0.785. The Bertz CT molecular complexity index is 675. The molecule has 0 aromatic rings. The predicted octanol–water partition coefficient (Wildman–Crippen LogP) is 5.02. The van der Waals surface area contributed by atoms with E-state index < -0.39 is 0 Å². The molecule has 4 aliphatic carbocycles. The van der Waals surface area contributed by atoms with Crippen LogP contribution in [0.3, 0.4) is 0 Å². The first-order chi connectivity index (χ1) is 11.3. The number of allylic oxidation sites excluding steroid dienone is 4. The van der Waals surface area contributed by atoms with E-state index in [9.17, 15) is 9.59 Å². The fourth-order valence-electron chi connectivity index (χ4n) is 6.46. The second-order valence-electron chi connectivity index (χ2n) is 8.78. The van der Waals surface area contributed by atoms with Gasteiger partial charge in [-0.1, -0.05) is 31.5 Å². The first kappa shape index (κ1) is 16.6. The molecule has 24 heavy (non-hydrogen) atoms. The van der Waals surface area contributed by atoms with Gasteiger partial charge >= 0.3 is 0 Å². The van der Waals surface area contributed by atoms with Crippen LogP contribution in [0, 0.1) is 34.5 Å². The minimum absolute atomic E-state index is 0.0186. The third-order valence-electron chi connectivity index (χ3n) is 7.77. The molecule has 0 amide bonds. The van der Waals surface area contributed by atoms with Crippen LogP contribution in [0.2, 0.25) is 0 Å². The number of hydrogen-bond donors (Lipinski definition) is 0. The summed E-state index contributed by atoms with van der Waals surface area (Å²) in [6, 6.07) is 0. The van der Waals surface area contributed by atoms with Crippen molar-refractivity contribution in [2.75, 3.05) is 0 Å². The summed E-state index contributed by atoms with van der Waals surface area (Å²) in [4.78, 5) is 24.0. The van der Waals surface area contributed by atoms with Crippen LogP contribution >= 0.6 is 11.6 Å². The molecule has 0 bridgehead atoms. The van der Waals surface area contributed by atoms with Crippen molar-refractivity contribution in [1.29, 1.82) is 0 Å². The number of ketones is 2. The molecule has 4 rings (SSSR count). The Morgan fingerprint density at radius 2 is 1.83 bits per heavy atom. The molecular weight excluding hydrogens is 320 g/mol. The molecule has 0 saturated heterocycles.